The lowest BCUT2D eigenvalue weighted by Crippen LogP contribution is -2.42. The van der Waals surface area contributed by atoms with Gasteiger partial charge >= 0.3 is 5.97 Å². The van der Waals surface area contributed by atoms with Crippen LogP contribution in [-0.4, -0.2) is 46.9 Å². The van der Waals surface area contributed by atoms with Crippen molar-refractivity contribution in [3.8, 4) is 0 Å². The van der Waals surface area contributed by atoms with Crippen LogP contribution in [0.4, 0.5) is 5.69 Å². The Kier molecular flexibility index (Phi) is 4.99. The Labute approximate surface area is 151 Å². The lowest BCUT2D eigenvalue weighted by atomic mass is 10.1. The Morgan fingerprint density at radius 1 is 1.32 bits per heavy atom. The molecule has 2 atom stereocenters. The second kappa shape index (κ2) is 7.04. The van der Waals surface area contributed by atoms with Gasteiger partial charge in [0.15, 0.2) is 0 Å². The summed E-state index contributed by atoms with van der Waals surface area (Å²) in [5.41, 5.74) is 0.724. The minimum absolute atomic E-state index is 0.0947. The van der Waals surface area contributed by atoms with Crippen molar-refractivity contribution in [2.45, 2.75) is 32.2 Å². The van der Waals surface area contributed by atoms with E-state index in [1.54, 1.807) is 41.0 Å². The molecule has 1 aliphatic carbocycles. The maximum absolute atomic E-state index is 12.9. The van der Waals surface area contributed by atoms with Crippen molar-refractivity contribution in [3.05, 3.63) is 29.3 Å². The van der Waals surface area contributed by atoms with Gasteiger partial charge in [0.25, 0.3) is 0 Å². The van der Waals surface area contributed by atoms with E-state index in [-0.39, 0.29) is 30.8 Å². The summed E-state index contributed by atoms with van der Waals surface area (Å²) in [5.74, 6) is -2.16. The van der Waals surface area contributed by atoms with Crippen molar-refractivity contribution in [2.24, 2.45) is 11.8 Å². The highest BCUT2D eigenvalue weighted by Crippen LogP contribution is 2.32. The van der Waals surface area contributed by atoms with Gasteiger partial charge in [-0.2, -0.15) is 0 Å². The first-order valence-electron chi connectivity index (χ1n) is 8.46. The van der Waals surface area contributed by atoms with Gasteiger partial charge in [-0.05, 0) is 37.1 Å². The van der Waals surface area contributed by atoms with E-state index in [4.69, 9.17) is 16.7 Å². The standard InChI is InChI=1S/C18H21ClN2O4/c1-11(18(24)25)9-21(15-6-7-15)17(23)12-8-16(22)20(10-12)14-4-2-13(19)3-5-14/h2-5,11-12,15H,6-10H2,1H3,(H,24,25). The molecule has 0 spiro atoms. The Bertz CT molecular complexity index is 687. The molecule has 134 valence electrons. The number of hydrogen-bond donors (Lipinski definition) is 1. The molecular weight excluding hydrogens is 344 g/mol. The van der Waals surface area contributed by atoms with Gasteiger partial charge < -0.3 is 14.9 Å². The lowest BCUT2D eigenvalue weighted by Gasteiger charge is -2.27. The molecule has 6 nitrogen and oxygen atoms in total. The fraction of sp³-hybridized carbons (Fsp3) is 0.500. The largest absolute Gasteiger partial charge is 0.481 e. The van der Waals surface area contributed by atoms with Crippen LogP contribution in [0.3, 0.4) is 0 Å². The topological polar surface area (TPSA) is 77.9 Å². The van der Waals surface area contributed by atoms with E-state index >= 15 is 0 Å². The lowest BCUT2D eigenvalue weighted by molar-refractivity contribution is -0.144. The number of anilines is 1. The highest BCUT2D eigenvalue weighted by atomic mass is 35.5. The summed E-state index contributed by atoms with van der Waals surface area (Å²) in [5, 5.41) is 9.71. The highest BCUT2D eigenvalue weighted by molar-refractivity contribution is 6.30. The fourth-order valence-corrected chi connectivity index (χ4v) is 3.28. The van der Waals surface area contributed by atoms with Crippen LogP contribution in [0.1, 0.15) is 26.2 Å². The molecule has 7 heteroatoms. The molecule has 1 aromatic carbocycles. The van der Waals surface area contributed by atoms with Crippen LogP contribution in [0.25, 0.3) is 0 Å². The average molecular weight is 365 g/mol. The Morgan fingerprint density at radius 2 is 1.96 bits per heavy atom. The third-order valence-corrected chi connectivity index (χ3v) is 5.03. The van der Waals surface area contributed by atoms with Gasteiger partial charge in [-0.25, -0.2) is 0 Å². The number of carboxylic acid groups (broad SMARTS) is 1. The van der Waals surface area contributed by atoms with Gasteiger partial charge in [0, 0.05) is 36.3 Å². The molecule has 3 rings (SSSR count). The smallest absolute Gasteiger partial charge is 0.308 e. The number of nitrogens with zero attached hydrogens (tertiary/aromatic N) is 2. The van der Waals surface area contributed by atoms with E-state index in [0.717, 1.165) is 18.5 Å². The van der Waals surface area contributed by atoms with Gasteiger partial charge in [-0.3, -0.25) is 14.4 Å². The molecule has 1 N–H and O–H groups in total. The second-order valence-electron chi connectivity index (χ2n) is 6.84. The Balaban J connectivity index is 1.70. The summed E-state index contributed by atoms with van der Waals surface area (Å²) in [7, 11) is 0. The first-order chi connectivity index (χ1) is 11.9. The van der Waals surface area contributed by atoms with Crippen LogP contribution in [0.15, 0.2) is 24.3 Å². The molecule has 1 aliphatic heterocycles. The predicted octanol–water partition coefficient (Wildman–Crippen LogP) is 2.40. The van der Waals surface area contributed by atoms with Crippen molar-refractivity contribution in [1.29, 1.82) is 0 Å². The van der Waals surface area contributed by atoms with E-state index in [9.17, 15) is 14.4 Å². The number of rotatable bonds is 6. The van der Waals surface area contributed by atoms with Crippen molar-refractivity contribution in [2.75, 3.05) is 18.0 Å². The van der Waals surface area contributed by atoms with Gasteiger partial charge in [0.1, 0.15) is 0 Å². The van der Waals surface area contributed by atoms with E-state index in [1.807, 2.05) is 0 Å². The minimum atomic E-state index is -0.913. The Hall–Kier alpha value is -2.08. The van der Waals surface area contributed by atoms with E-state index in [1.165, 1.54) is 0 Å². The third-order valence-electron chi connectivity index (χ3n) is 4.78. The van der Waals surface area contributed by atoms with Gasteiger partial charge in [-0.15, -0.1) is 0 Å². The summed E-state index contributed by atoms with van der Waals surface area (Å²) in [6.07, 6.45) is 1.96. The summed E-state index contributed by atoms with van der Waals surface area (Å²) >= 11 is 5.88. The van der Waals surface area contributed by atoms with Crippen LogP contribution < -0.4 is 4.90 Å². The molecule has 1 saturated heterocycles. The zero-order valence-electron chi connectivity index (χ0n) is 14.0. The average Bonchev–Trinajstić information content (AvgIpc) is 3.34. The van der Waals surface area contributed by atoms with Crippen LogP contribution in [0.2, 0.25) is 5.02 Å². The van der Waals surface area contributed by atoms with Crippen molar-refractivity contribution in [3.63, 3.8) is 0 Å². The van der Waals surface area contributed by atoms with E-state index in [2.05, 4.69) is 0 Å². The van der Waals surface area contributed by atoms with Crippen molar-refractivity contribution >= 4 is 35.1 Å². The molecule has 2 amide bonds. The van der Waals surface area contributed by atoms with Crippen LogP contribution in [-0.2, 0) is 14.4 Å². The second-order valence-corrected chi connectivity index (χ2v) is 7.28. The number of carboxylic acids is 1. The molecule has 0 bridgehead atoms. The third kappa shape index (κ3) is 3.95. The van der Waals surface area contributed by atoms with Gasteiger partial charge in [0.2, 0.25) is 11.8 Å². The maximum atomic E-state index is 12.9. The molecule has 0 radical (unpaired) electrons. The van der Waals surface area contributed by atoms with Crippen LogP contribution in [0.5, 0.6) is 0 Å². The molecule has 2 aliphatic rings. The van der Waals surface area contributed by atoms with Crippen molar-refractivity contribution < 1.29 is 19.5 Å². The molecular formula is C18H21ClN2O4. The van der Waals surface area contributed by atoms with E-state index in [0.29, 0.717) is 11.6 Å². The van der Waals surface area contributed by atoms with E-state index < -0.39 is 17.8 Å². The van der Waals surface area contributed by atoms with Crippen molar-refractivity contribution in [1.82, 2.24) is 4.90 Å². The molecule has 2 fully saturated rings. The SMILES string of the molecule is CC(CN(C(=O)C1CC(=O)N(c2ccc(Cl)cc2)C1)C1CC1)C(=O)O. The summed E-state index contributed by atoms with van der Waals surface area (Å²) in [4.78, 5) is 39.6. The molecule has 25 heavy (non-hydrogen) atoms. The monoisotopic (exact) mass is 364 g/mol. The normalized spacial score (nSPS) is 21.3. The first kappa shape index (κ1) is 17.7. The summed E-state index contributed by atoms with van der Waals surface area (Å²) in [6.45, 7) is 2.12. The van der Waals surface area contributed by atoms with Crippen LogP contribution in [0, 0.1) is 11.8 Å². The van der Waals surface area contributed by atoms with Crippen LogP contribution >= 0.6 is 11.6 Å². The zero-order valence-corrected chi connectivity index (χ0v) is 14.8. The summed E-state index contributed by atoms with van der Waals surface area (Å²) < 4.78 is 0. The minimum Gasteiger partial charge on any atom is -0.481 e. The fourth-order valence-electron chi connectivity index (χ4n) is 3.16. The molecule has 1 heterocycles. The zero-order chi connectivity index (χ0) is 18.1. The Morgan fingerprint density at radius 3 is 2.52 bits per heavy atom. The number of hydrogen-bond acceptors (Lipinski definition) is 3. The first-order valence-corrected chi connectivity index (χ1v) is 8.84. The van der Waals surface area contributed by atoms with Gasteiger partial charge in [0.05, 0.1) is 11.8 Å². The number of halogens is 1. The molecule has 1 saturated carbocycles. The number of aliphatic carboxylic acids is 1. The number of carbonyl (C=O) groups is 3. The van der Waals surface area contributed by atoms with Gasteiger partial charge in [-0.1, -0.05) is 18.5 Å². The maximum Gasteiger partial charge on any atom is 0.308 e. The molecule has 1 aromatic rings. The quantitative estimate of drug-likeness (QED) is 0.840. The predicted molar refractivity (Wildman–Crippen MR) is 93.4 cm³/mol. The molecule has 2 unspecified atom stereocenters. The number of amides is 2. The molecule has 0 aromatic heterocycles. The number of benzene rings is 1. The number of carbonyl (C=O) groups excluding carboxylic acids is 2. The highest BCUT2D eigenvalue weighted by Gasteiger charge is 2.42. The summed E-state index contributed by atoms with van der Waals surface area (Å²) in [6, 6.07) is 7.07.